The molecule has 1 aliphatic heterocycles. The first kappa shape index (κ1) is 20.9. The number of para-hydroxylation sites is 1. The van der Waals surface area contributed by atoms with E-state index in [1.807, 2.05) is 31.2 Å². The molecule has 0 radical (unpaired) electrons. The number of hydrogen-bond donors (Lipinski definition) is 3. The highest BCUT2D eigenvalue weighted by Gasteiger charge is 2.30. The van der Waals surface area contributed by atoms with E-state index < -0.39 is 0 Å². The highest BCUT2D eigenvalue weighted by molar-refractivity contribution is 5.95. The van der Waals surface area contributed by atoms with E-state index in [0.29, 0.717) is 13.2 Å². The Balaban J connectivity index is 1.75. The molecule has 1 aromatic carbocycles. The van der Waals surface area contributed by atoms with Crippen molar-refractivity contribution in [3.63, 3.8) is 0 Å². The van der Waals surface area contributed by atoms with Crippen LogP contribution in [0.25, 0.3) is 0 Å². The number of piperidine rings is 1. The maximum atomic E-state index is 12.2. The van der Waals surface area contributed by atoms with Gasteiger partial charge in [-0.15, -0.1) is 0 Å². The van der Waals surface area contributed by atoms with Gasteiger partial charge in [-0.05, 0) is 37.8 Å². The summed E-state index contributed by atoms with van der Waals surface area (Å²) in [5.41, 5.74) is 1.83. The van der Waals surface area contributed by atoms with Gasteiger partial charge >= 0.3 is 5.97 Å². The van der Waals surface area contributed by atoms with Gasteiger partial charge in [0, 0.05) is 5.69 Å². The van der Waals surface area contributed by atoms with Crippen LogP contribution < -0.4 is 15.5 Å². The lowest BCUT2D eigenvalue weighted by molar-refractivity contribution is -0.899. The third kappa shape index (κ3) is 6.67. The number of carbonyl (C=O) groups is 3. The number of quaternary nitrogens is 1. The van der Waals surface area contributed by atoms with Crippen molar-refractivity contribution in [3.8, 4) is 0 Å². The molecule has 0 spiro atoms. The van der Waals surface area contributed by atoms with E-state index in [0.717, 1.165) is 42.0 Å². The van der Waals surface area contributed by atoms with Crippen LogP contribution in [0.4, 0.5) is 5.69 Å². The smallest absolute Gasteiger partial charge is 0.314 e. The number of esters is 1. The van der Waals surface area contributed by atoms with Gasteiger partial charge in [-0.3, -0.25) is 14.4 Å². The standard InChI is InChI=1S/C20H29N3O4/c1-3-15-8-5-6-10-17(15)22-18(24)12-21-19(25)14-23-11-7-9-16(13-23)20(26)27-4-2/h5-6,8,10,16H,3-4,7,9,11-14H2,1-2H3,(H,21,25)(H,22,24)/p+1/t16-/m0/s1. The summed E-state index contributed by atoms with van der Waals surface area (Å²) in [6, 6.07) is 7.62. The molecular formula is C20H30N3O4+. The average Bonchev–Trinajstić information content (AvgIpc) is 2.67. The molecule has 7 nitrogen and oxygen atoms in total. The van der Waals surface area contributed by atoms with Crippen LogP contribution in [0.5, 0.6) is 0 Å². The second-order valence-electron chi connectivity index (χ2n) is 6.81. The minimum Gasteiger partial charge on any atom is -0.466 e. The Labute approximate surface area is 160 Å². The van der Waals surface area contributed by atoms with Crippen LogP contribution in [0.3, 0.4) is 0 Å². The summed E-state index contributed by atoms with van der Waals surface area (Å²) >= 11 is 0. The van der Waals surface area contributed by atoms with Gasteiger partial charge in [0.05, 0.1) is 26.2 Å². The Kier molecular flexibility index (Phi) is 8.26. The van der Waals surface area contributed by atoms with Gasteiger partial charge in [0.1, 0.15) is 5.92 Å². The summed E-state index contributed by atoms with van der Waals surface area (Å²) in [7, 11) is 0. The van der Waals surface area contributed by atoms with Gasteiger partial charge in [-0.1, -0.05) is 25.1 Å². The largest absolute Gasteiger partial charge is 0.466 e. The summed E-state index contributed by atoms with van der Waals surface area (Å²) < 4.78 is 5.08. The lowest BCUT2D eigenvalue weighted by Gasteiger charge is -2.28. The number of carbonyl (C=O) groups excluding carboxylic acids is 3. The number of amides is 2. The number of rotatable bonds is 8. The van der Waals surface area contributed by atoms with Gasteiger partial charge in [-0.25, -0.2) is 0 Å². The molecule has 1 fully saturated rings. The molecule has 7 heteroatoms. The van der Waals surface area contributed by atoms with E-state index in [1.165, 1.54) is 0 Å². The van der Waals surface area contributed by atoms with E-state index in [1.54, 1.807) is 6.92 Å². The molecule has 27 heavy (non-hydrogen) atoms. The summed E-state index contributed by atoms with van der Waals surface area (Å²) in [5, 5.41) is 5.50. The first-order valence-electron chi connectivity index (χ1n) is 9.68. The second-order valence-corrected chi connectivity index (χ2v) is 6.81. The van der Waals surface area contributed by atoms with Crippen molar-refractivity contribution in [2.45, 2.75) is 33.1 Å². The lowest BCUT2D eigenvalue weighted by Crippen LogP contribution is -3.14. The number of benzene rings is 1. The van der Waals surface area contributed by atoms with E-state index in [2.05, 4.69) is 10.6 Å². The molecule has 2 atom stereocenters. The molecule has 3 N–H and O–H groups in total. The fraction of sp³-hybridized carbons (Fsp3) is 0.550. The Morgan fingerprint density at radius 1 is 1.19 bits per heavy atom. The summed E-state index contributed by atoms with van der Waals surface area (Å²) in [5.74, 6) is -0.754. The molecule has 0 bridgehead atoms. The molecule has 1 unspecified atom stereocenters. The molecule has 2 rings (SSSR count). The van der Waals surface area contributed by atoms with Crippen LogP contribution >= 0.6 is 0 Å². The number of nitrogens with one attached hydrogen (secondary N) is 3. The van der Waals surface area contributed by atoms with E-state index >= 15 is 0 Å². The molecule has 1 aromatic rings. The van der Waals surface area contributed by atoms with Gasteiger partial charge in [0.15, 0.2) is 6.54 Å². The quantitative estimate of drug-likeness (QED) is 0.564. The van der Waals surface area contributed by atoms with Crippen molar-refractivity contribution >= 4 is 23.5 Å². The molecule has 1 saturated heterocycles. The van der Waals surface area contributed by atoms with Crippen LogP contribution in [0.2, 0.25) is 0 Å². The van der Waals surface area contributed by atoms with E-state index in [-0.39, 0.29) is 36.8 Å². The number of ether oxygens (including phenoxy) is 1. The average molecular weight is 376 g/mol. The Bertz CT molecular complexity index is 662. The fourth-order valence-corrected chi connectivity index (χ4v) is 3.39. The summed E-state index contributed by atoms with van der Waals surface area (Å²) in [4.78, 5) is 37.2. The molecule has 148 valence electrons. The molecular weight excluding hydrogens is 346 g/mol. The minimum absolute atomic E-state index is 0.0640. The zero-order valence-electron chi connectivity index (χ0n) is 16.2. The van der Waals surface area contributed by atoms with Crippen LogP contribution in [0, 0.1) is 5.92 Å². The zero-order chi connectivity index (χ0) is 19.6. The summed E-state index contributed by atoms with van der Waals surface area (Å²) in [6.07, 6.45) is 2.52. The van der Waals surface area contributed by atoms with Crippen LogP contribution in [0.15, 0.2) is 24.3 Å². The van der Waals surface area contributed by atoms with Crippen LogP contribution in [-0.2, 0) is 25.5 Å². The van der Waals surface area contributed by atoms with Gasteiger partial charge < -0.3 is 20.3 Å². The first-order valence-corrected chi connectivity index (χ1v) is 9.68. The highest BCUT2D eigenvalue weighted by atomic mass is 16.5. The van der Waals surface area contributed by atoms with Gasteiger partial charge in [-0.2, -0.15) is 0 Å². The van der Waals surface area contributed by atoms with E-state index in [4.69, 9.17) is 4.74 Å². The van der Waals surface area contributed by atoms with Crippen molar-refractivity contribution in [1.29, 1.82) is 0 Å². The molecule has 1 aliphatic rings. The molecule has 0 aliphatic carbocycles. The minimum atomic E-state index is -0.248. The Morgan fingerprint density at radius 3 is 2.70 bits per heavy atom. The number of anilines is 1. The monoisotopic (exact) mass is 376 g/mol. The molecule has 1 heterocycles. The maximum absolute atomic E-state index is 12.2. The van der Waals surface area contributed by atoms with Crippen molar-refractivity contribution in [3.05, 3.63) is 29.8 Å². The van der Waals surface area contributed by atoms with E-state index in [9.17, 15) is 14.4 Å². The predicted molar refractivity (Wildman–Crippen MR) is 102 cm³/mol. The Hall–Kier alpha value is -2.41. The van der Waals surface area contributed by atoms with Gasteiger partial charge in [0.2, 0.25) is 5.91 Å². The van der Waals surface area contributed by atoms with Crippen molar-refractivity contribution in [2.75, 3.05) is 38.1 Å². The van der Waals surface area contributed by atoms with Crippen molar-refractivity contribution in [2.24, 2.45) is 5.92 Å². The first-order chi connectivity index (χ1) is 13.0. The van der Waals surface area contributed by atoms with Gasteiger partial charge in [0.25, 0.3) is 5.91 Å². The third-order valence-corrected chi connectivity index (χ3v) is 4.77. The van der Waals surface area contributed by atoms with Crippen molar-refractivity contribution in [1.82, 2.24) is 5.32 Å². The molecule has 2 amide bonds. The normalized spacial score (nSPS) is 19.2. The third-order valence-electron chi connectivity index (χ3n) is 4.77. The molecule has 0 aromatic heterocycles. The van der Waals surface area contributed by atoms with Crippen LogP contribution in [0.1, 0.15) is 32.3 Å². The second kappa shape index (κ2) is 10.7. The van der Waals surface area contributed by atoms with Crippen LogP contribution in [-0.4, -0.2) is 50.6 Å². The SMILES string of the molecule is CCOC(=O)[C@H]1CCC[NH+](CC(=O)NCC(=O)Nc2ccccc2CC)C1. The molecule has 0 saturated carbocycles. The topological polar surface area (TPSA) is 88.9 Å². The Morgan fingerprint density at radius 2 is 1.96 bits per heavy atom. The number of aryl methyl sites for hydroxylation is 1. The lowest BCUT2D eigenvalue weighted by atomic mass is 9.98. The zero-order valence-corrected chi connectivity index (χ0v) is 16.2. The maximum Gasteiger partial charge on any atom is 0.314 e. The van der Waals surface area contributed by atoms with Crippen molar-refractivity contribution < 1.29 is 24.0 Å². The number of likely N-dealkylation sites (tertiary alicyclic amines) is 1. The summed E-state index contributed by atoms with van der Waals surface area (Å²) in [6.45, 7) is 5.84. The fourth-order valence-electron chi connectivity index (χ4n) is 3.39. The number of hydrogen-bond acceptors (Lipinski definition) is 4. The predicted octanol–water partition coefficient (Wildman–Crippen LogP) is 0.162. The highest BCUT2D eigenvalue weighted by Crippen LogP contribution is 2.15.